The Morgan fingerprint density at radius 2 is 1.84 bits per heavy atom. The quantitative estimate of drug-likeness (QED) is 0.899. The van der Waals surface area contributed by atoms with Crippen LogP contribution in [0.25, 0.3) is 0 Å². The second-order valence-corrected chi connectivity index (χ2v) is 5.68. The number of carbonyl (C=O) groups is 1. The van der Waals surface area contributed by atoms with Crippen LogP contribution in [0, 0.1) is 0 Å². The normalized spacial score (nSPS) is 11.4. The highest BCUT2D eigenvalue weighted by Crippen LogP contribution is 2.22. The van der Waals surface area contributed by atoms with Crippen molar-refractivity contribution in [1.82, 2.24) is 9.78 Å². The summed E-state index contributed by atoms with van der Waals surface area (Å²) in [5.41, 5.74) is 2.66. The maximum absolute atomic E-state index is 12.0. The minimum Gasteiger partial charge on any atom is -0.319 e. The van der Waals surface area contributed by atoms with E-state index < -0.39 is 0 Å². The summed E-state index contributed by atoms with van der Waals surface area (Å²) in [6.07, 6.45) is 3.39. The molecule has 0 fully saturated rings. The molecule has 0 saturated carbocycles. The molecule has 1 aromatic carbocycles. The summed E-state index contributed by atoms with van der Waals surface area (Å²) in [6, 6.07) is 7.70. The fourth-order valence-corrected chi connectivity index (χ4v) is 1.81. The molecule has 0 saturated heterocycles. The predicted molar refractivity (Wildman–Crippen MR) is 76.3 cm³/mol. The standard InChI is InChI=1S/C15H19N3O/c1-15(2,3)12-7-5-11(6-8-12)14(19)17-13-9-16-18(4)10-13/h5-10H,1-4H3,(H,17,19). The SMILES string of the molecule is Cn1cc(NC(=O)c2ccc(C(C)(C)C)cc2)cn1. The first-order valence-corrected chi connectivity index (χ1v) is 6.27. The van der Waals surface area contributed by atoms with E-state index in [1.165, 1.54) is 5.56 Å². The molecule has 0 spiro atoms. The van der Waals surface area contributed by atoms with Crippen molar-refractivity contribution in [3.05, 3.63) is 47.8 Å². The highest BCUT2D eigenvalue weighted by Gasteiger charge is 2.14. The van der Waals surface area contributed by atoms with Crippen molar-refractivity contribution in [3.63, 3.8) is 0 Å². The van der Waals surface area contributed by atoms with E-state index in [1.807, 2.05) is 31.3 Å². The number of hydrogen-bond donors (Lipinski definition) is 1. The summed E-state index contributed by atoms with van der Waals surface area (Å²) >= 11 is 0. The number of nitrogens with zero attached hydrogens (tertiary/aromatic N) is 2. The Bertz CT molecular complexity index is 576. The van der Waals surface area contributed by atoms with Crippen LogP contribution in [0.5, 0.6) is 0 Å². The second kappa shape index (κ2) is 4.88. The Labute approximate surface area is 113 Å². The molecular formula is C15H19N3O. The molecule has 4 heteroatoms. The van der Waals surface area contributed by atoms with Gasteiger partial charge in [-0.25, -0.2) is 0 Å². The van der Waals surface area contributed by atoms with E-state index in [4.69, 9.17) is 0 Å². The molecule has 1 aromatic heterocycles. The fraction of sp³-hybridized carbons (Fsp3) is 0.333. The van der Waals surface area contributed by atoms with Crippen molar-refractivity contribution in [2.75, 3.05) is 5.32 Å². The molecule has 19 heavy (non-hydrogen) atoms. The fourth-order valence-electron chi connectivity index (χ4n) is 1.81. The van der Waals surface area contributed by atoms with Crippen molar-refractivity contribution in [1.29, 1.82) is 0 Å². The predicted octanol–water partition coefficient (Wildman–Crippen LogP) is 2.97. The third kappa shape index (κ3) is 3.22. The van der Waals surface area contributed by atoms with Gasteiger partial charge in [-0.2, -0.15) is 5.10 Å². The number of aromatic nitrogens is 2. The van der Waals surface area contributed by atoms with Crippen LogP contribution in [0.15, 0.2) is 36.7 Å². The number of amides is 1. The highest BCUT2D eigenvalue weighted by molar-refractivity contribution is 6.04. The largest absolute Gasteiger partial charge is 0.319 e. The maximum Gasteiger partial charge on any atom is 0.255 e. The van der Waals surface area contributed by atoms with E-state index in [1.54, 1.807) is 17.1 Å². The van der Waals surface area contributed by atoms with E-state index in [-0.39, 0.29) is 11.3 Å². The average molecular weight is 257 g/mol. The molecule has 2 rings (SSSR count). The zero-order valence-electron chi connectivity index (χ0n) is 11.8. The van der Waals surface area contributed by atoms with Gasteiger partial charge in [0.25, 0.3) is 5.91 Å². The lowest BCUT2D eigenvalue weighted by atomic mass is 9.87. The molecule has 4 nitrogen and oxygen atoms in total. The number of hydrogen-bond acceptors (Lipinski definition) is 2. The second-order valence-electron chi connectivity index (χ2n) is 5.68. The van der Waals surface area contributed by atoms with Gasteiger partial charge in [-0.3, -0.25) is 9.48 Å². The number of nitrogens with one attached hydrogen (secondary N) is 1. The van der Waals surface area contributed by atoms with Crippen LogP contribution >= 0.6 is 0 Å². The molecule has 0 aliphatic heterocycles. The number of rotatable bonds is 2. The molecule has 0 atom stereocenters. The van der Waals surface area contributed by atoms with Crippen molar-refractivity contribution >= 4 is 11.6 Å². The van der Waals surface area contributed by atoms with Gasteiger partial charge in [0.2, 0.25) is 0 Å². The van der Waals surface area contributed by atoms with Gasteiger partial charge in [0, 0.05) is 18.8 Å². The Balaban J connectivity index is 2.12. The molecule has 0 aliphatic carbocycles. The van der Waals surface area contributed by atoms with Gasteiger partial charge in [0.05, 0.1) is 11.9 Å². The minimum atomic E-state index is -0.117. The Hall–Kier alpha value is -2.10. The van der Waals surface area contributed by atoms with Gasteiger partial charge in [-0.05, 0) is 23.1 Å². The third-order valence-electron chi connectivity index (χ3n) is 2.98. The van der Waals surface area contributed by atoms with Crippen molar-refractivity contribution < 1.29 is 4.79 Å². The molecule has 0 bridgehead atoms. The lowest BCUT2D eigenvalue weighted by Crippen LogP contribution is -2.14. The van der Waals surface area contributed by atoms with Crippen LogP contribution in [0.3, 0.4) is 0 Å². The molecule has 1 amide bonds. The highest BCUT2D eigenvalue weighted by atomic mass is 16.1. The molecule has 1 N–H and O–H groups in total. The van der Waals surface area contributed by atoms with E-state index >= 15 is 0 Å². The lowest BCUT2D eigenvalue weighted by Gasteiger charge is -2.18. The molecule has 1 heterocycles. The molecule has 0 aliphatic rings. The van der Waals surface area contributed by atoms with E-state index in [0.717, 1.165) is 0 Å². The number of aryl methyl sites for hydroxylation is 1. The van der Waals surface area contributed by atoms with Crippen molar-refractivity contribution in [2.45, 2.75) is 26.2 Å². The van der Waals surface area contributed by atoms with Crippen LogP contribution < -0.4 is 5.32 Å². The van der Waals surface area contributed by atoms with E-state index in [2.05, 4.69) is 31.2 Å². The number of benzene rings is 1. The molecule has 100 valence electrons. The number of anilines is 1. The first-order valence-electron chi connectivity index (χ1n) is 6.27. The smallest absolute Gasteiger partial charge is 0.255 e. The van der Waals surface area contributed by atoms with Gasteiger partial charge in [0.1, 0.15) is 0 Å². The van der Waals surface area contributed by atoms with Crippen LogP contribution in [0.4, 0.5) is 5.69 Å². The average Bonchev–Trinajstić information content (AvgIpc) is 2.74. The van der Waals surface area contributed by atoms with Gasteiger partial charge >= 0.3 is 0 Å². The molecule has 0 unspecified atom stereocenters. The Morgan fingerprint density at radius 1 is 1.21 bits per heavy atom. The molecule has 0 radical (unpaired) electrons. The summed E-state index contributed by atoms with van der Waals surface area (Å²) in [7, 11) is 1.81. The van der Waals surface area contributed by atoms with Crippen LogP contribution in [-0.2, 0) is 12.5 Å². The van der Waals surface area contributed by atoms with Crippen molar-refractivity contribution in [2.24, 2.45) is 7.05 Å². The van der Waals surface area contributed by atoms with Crippen LogP contribution in [0.1, 0.15) is 36.7 Å². The summed E-state index contributed by atoms with van der Waals surface area (Å²) in [5, 5.41) is 6.83. The van der Waals surface area contributed by atoms with Gasteiger partial charge < -0.3 is 5.32 Å². The Morgan fingerprint density at radius 3 is 2.32 bits per heavy atom. The zero-order valence-corrected chi connectivity index (χ0v) is 11.8. The summed E-state index contributed by atoms with van der Waals surface area (Å²) < 4.78 is 1.65. The first kappa shape index (κ1) is 13.3. The minimum absolute atomic E-state index is 0.0956. The number of carbonyl (C=O) groups excluding carboxylic acids is 1. The molecular weight excluding hydrogens is 238 g/mol. The van der Waals surface area contributed by atoms with Crippen LogP contribution in [0.2, 0.25) is 0 Å². The van der Waals surface area contributed by atoms with Gasteiger partial charge in [-0.1, -0.05) is 32.9 Å². The lowest BCUT2D eigenvalue weighted by molar-refractivity contribution is 0.102. The summed E-state index contributed by atoms with van der Waals surface area (Å²) in [6.45, 7) is 6.45. The summed E-state index contributed by atoms with van der Waals surface area (Å²) in [4.78, 5) is 12.0. The third-order valence-corrected chi connectivity index (χ3v) is 2.98. The first-order chi connectivity index (χ1) is 8.86. The summed E-state index contributed by atoms with van der Waals surface area (Å²) in [5.74, 6) is -0.117. The molecule has 2 aromatic rings. The van der Waals surface area contributed by atoms with Crippen molar-refractivity contribution in [3.8, 4) is 0 Å². The van der Waals surface area contributed by atoms with E-state index in [9.17, 15) is 4.79 Å². The Kier molecular flexibility index (Phi) is 3.42. The van der Waals surface area contributed by atoms with Gasteiger partial charge in [0.15, 0.2) is 0 Å². The zero-order chi connectivity index (χ0) is 14.0. The topological polar surface area (TPSA) is 46.9 Å². The van der Waals surface area contributed by atoms with E-state index in [0.29, 0.717) is 11.3 Å². The van der Waals surface area contributed by atoms with Crippen LogP contribution in [-0.4, -0.2) is 15.7 Å². The maximum atomic E-state index is 12.0. The monoisotopic (exact) mass is 257 g/mol. The van der Waals surface area contributed by atoms with Gasteiger partial charge in [-0.15, -0.1) is 0 Å².